The van der Waals surface area contributed by atoms with Crippen LogP contribution in [-0.4, -0.2) is 38.0 Å². The Bertz CT molecular complexity index is 439. The van der Waals surface area contributed by atoms with Gasteiger partial charge in [0.1, 0.15) is 6.61 Å². The SMILES string of the molecule is CCOCCOc1c(/C=C/C(=O)O)cccc1OC. The van der Waals surface area contributed by atoms with E-state index in [1.807, 2.05) is 6.92 Å². The molecule has 0 saturated heterocycles. The van der Waals surface area contributed by atoms with E-state index in [0.29, 0.717) is 36.9 Å². The number of rotatable bonds is 8. The molecule has 0 spiro atoms. The van der Waals surface area contributed by atoms with Crippen LogP contribution in [-0.2, 0) is 9.53 Å². The lowest BCUT2D eigenvalue weighted by atomic mass is 10.1. The van der Waals surface area contributed by atoms with Crippen molar-refractivity contribution in [1.82, 2.24) is 0 Å². The Morgan fingerprint density at radius 3 is 2.79 bits per heavy atom. The van der Waals surface area contributed by atoms with Gasteiger partial charge >= 0.3 is 5.97 Å². The van der Waals surface area contributed by atoms with E-state index in [1.54, 1.807) is 18.2 Å². The number of hydrogen-bond donors (Lipinski definition) is 1. The van der Waals surface area contributed by atoms with Gasteiger partial charge in [-0.1, -0.05) is 12.1 Å². The summed E-state index contributed by atoms with van der Waals surface area (Å²) in [6.07, 6.45) is 2.53. The van der Waals surface area contributed by atoms with Crippen molar-refractivity contribution >= 4 is 12.0 Å². The number of aliphatic carboxylic acids is 1. The molecule has 0 aliphatic heterocycles. The average molecular weight is 266 g/mol. The summed E-state index contributed by atoms with van der Waals surface area (Å²) < 4.78 is 16.0. The van der Waals surface area contributed by atoms with E-state index in [0.717, 1.165) is 6.08 Å². The van der Waals surface area contributed by atoms with Crippen molar-refractivity contribution < 1.29 is 24.1 Å². The predicted molar refractivity (Wildman–Crippen MR) is 71.7 cm³/mol. The summed E-state index contributed by atoms with van der Waals surface area (Å²) in [5.41, 5.74) is 0.651. The Morgan fingerprint density at radius 1 is 1.37 bits per heavy atom. The summed E-state index contributed by atoms with van der Waals surface area (Å²) in [5, 5.41) is 8.66. The van der Waals surface area contributed by atoms with E-state index in [1.165, 1.54) is 13.2 Å². The molecule has 0 unspecified atom stereocenters. The molecule has 1 aromatic rings. The summed E-state index contributed by atoms with van der Waals surface area (Å²) in [6, 6.07) is 5.29. The van der Waals surface area contributed by atoms with Crippen molar-refractivity contribution in [2.75, 3.05) is 26.9 Å². The maximum Gasteiger partial charge on any atom is 0.328 e. The molecule has 0 fully saturated rings. The van der Waals surface area contributed by atoms with Crippen molar-refractivity contribution in [3.8, 4) is 11.5 Å². The molecular formula is C14H18O5. The van der Waals surface area contributed by atoms with Gasteiger partial charge < -0.3 is 19.3 Å². The maximum absolute atomic E-state index is 10.6. The van der Waals surface area contributed by atoms with Gasteiger partial charge in [0.05, 0.1) is 13.7 Å². The summed E-state index contributed by atoms with van der Waals surface area (Å²) in [7, 11) is 1.54. The Balaban J connectivity index is 2.86. The topological polar surface area (TPSA) is 65.0 Å². The summed E-state index contributed by atoms with van der Waals surface area (Å²) in [6.45, 7) is 3.38. The lowest BCUT2D eigenvalue weighted by Crippen LogP contribution is -2.08. The maximum atomic E-state index is 10.6. The van der Waals surface area contributed by atoms with Crippen LogP contribution in [0.2, 0.25) is 0 Å². The largest absolute Gasteiger partial charge is 0.493 e. The summed E-state index contributed by atoms with van der Waals surface area (Å²) in [5.74, 6) is 0.0642. The van der Waals surface area contributed by atoms with Crippen molar-refractivity contribution in [1.29, 1.82) is 0 Å². The molecule has 104 valence electrons. The van der Waals surface area contributed by atoms with Gasteiger partial charge in [0, 0.05) is 18.2 Å². The quantitative estimate of drug-likeness (QED) is 0.577. The third-order valence-electron chi connectivity index (χ3n) is 2.31. The number of benzene rings is 1. The van der Waals surface area contributed by atoms with Crippen molar-refractivity contribution in [2.45, 2.75) is 6.92 Å². The Morgan fingerprint density at radius 2 is 2.16 bits per heavy atom. The van der Waals surface area contributed by atoms with Gasteiger partial charge in [-0.25, -0.2) is 4.79 Å². The van der Waals surface area contributed by atoms with Gasteiger partial charge in [-0.2, -0.15) is 0 Å². The van der Waals surface area contributed by atoms with E-state index in [-0.39, 0.29) is 0 Å². The van der Waals surface area contributed by atoms with Crippen LogP contribution in [0.15, 0.2) is 24.3 Å². The van der Waals surface area contributed by atoms with Gasteiger partial charge in [0.15, 0.2) is 11.5 Å². The Kier molecular flexibility index (Phi) is 6.46. The van der Waals surface area contributed by atoms with Crippen LogP contribution in [0.25, 0.3) is 6.08 Å². The zero-order chi connectivity index (χ0) is 14.1. The van der Waals surface area contributed by atoms with E-state index in [2.05, 4.69) is 0 Å². The highest BCUT2D eigenvalue weighted by Crippen LogP contribution is 2.31. The van der Waals surface area contributed by atoms with Crippen molar-refractivity contribution in [3.63, 3.8) is 0 Å². The fourth-order valence-electron chi connectivity index (χ4n) is 1.49. The first kappa shape index (κ1) is 15.0. The minimum absolute atomic E-state index is 0.377. The zero-order valence-electron chi connectivity index (χ0n) is 11.1. The second kappa shape index (κ2) is 8.16. The second-order valence-electron chi connectivity index (χ2n) is 3.60. The molecule has 0 bridgehead atoms. The first-order chi connectivity index (χ1) is 9.19. The highest BCUT2D eigenvalue weighted by Gasteiger charge is 2.08. The molecule has 0 radical (unpaired) electrons. The Hall–Kier alpha value is -2.01. The highest BCUT2D eigenvalue weighted by molar-refractivity contribution is 5.86. The molecular weight excluding hydrogens is 248 g/mol. The number of ether oxygens (including phenoxy) is 3. The van der Waals surface area contributed by atoms with Crippen LogP contribution in [0.3, 0.4) is 0 Å². The lowest BCUT2D eigenvalue weighted by molar-refractivity contribution is -0.131. The number of hydrogen-bond acceptors (Lipinski definition) is 4. The second-order valence-corrected chi connectivity index (χ2v) is 3.60. The number of carboxylic acids is 1. The van der Waals surface area contributed by atoms with Crippen LogP contribution in [0.4, 0.5) is 0 Å². The van der Waals surface area contributed by atoms with Crippen LogP contribution in [0.1, 0.15) is 12.5 Å². The van der Waals surface area contributed by atoms with Gasteiger partial charge in [-0.05, 0) is 19.1 Å². The number of carbonyl (C=O) groups is 1. The fraction of sp³-hybridized carbons (Fsp3) is 0.357. The fourth-order valence-corrected chi connectivity index (χ4v) is 1.49. The standard InChI is InChI=1S/C14H18O5/c1-3-18-9-10-19-14-11(7-8-13(15)16)5-4-6-12(14)17-2/h4-8H,3,9-10H2,1-2H3,(H,15,16)/b8-7+. The van der Waals surface area contributed by atoms with Crippen LogP contribution in [0, 0.1) is 0 Å². The summed E-state index contributed by atoms with van der Waals surface area (Å²) >= 11 is 0. The molecule has 0 saturated carbocycles. The third kappa shape index (κ3) is 5.01. The van der Waals surface area contributed by atoms with Crippen molar-refractivity contribution in [2.24, 2.45) is 0 Å². The van der Waals surface area contributed by atoms with Crippen LogP contribution < -0.4 is 9.47 Å². The average Bonchev–Trinajstić information content (AvgIpc) is 2.41. The molecule has 5 heteroatoms. The minimum Gasteiger partial charge on any atom is -0.493 e. The van der Waals surface area contributed by atoms with Gasteiger partial charge in [0.25, 0.3) is 0 Å². The van der Waals surface area contributed by atoms with Gasteiger partial charge in [-0.15, -0.1) is 0 Å². The number of carboxylic acid groups (broad SMARTS) is 1. The molecule has 0 heterocycles. The molecule has 0 aliphatic carbocycles. The van der Waals surface area contributed by atoms with Crippen LogP contribution >= 0.6 is 0 Å². The normalized spacial score (nSPS) is 10.6. The van der Waals surface area contributed by atoms with Crippen molar-refractivity contribution in [3.05, 3.63) is 29.8 Å². The molecule has 0 aromatic heterocycles. The first-order valence-electron chi connectivity index (χ1n) is 5.97. The first-order valence-corrected chi connectivity index (χ1v) is 5.97. The number of para-hydroxylation sites is 1. The van der Waals surface area contributed by atoms with E-state index in [4.69, 9.17) is 19.3 Å². The highest BCUT2D eigenvalue weighted by atomic mass is 16.5. The molecule has 0 atom stereocenters. The zero-order valence-corrected chi connectivity index (χ0v) is 11.1. The van der Waals surface area contributed by atoms with Gasteiger partial charge in [0.2, 0.25) is 0 Å². The summed E-state index contributed by atoms with van der Waals surface area (Å²) in [4.78, 5) is 10.6. The van der Waals surface area contributed by atoms with Crippen LogP contribution in [0.5, 0.6) is 11.5 Å². The van der Waals surface area contributed by atoms with E-state index >= 15 is 0 Å². The molecule has 1 rings (SSSR count). The molecule has 1 N–H and O–H groups in total. The van der Waals surface area contributed by atoms with E-state index in [9.17, 15) is 4.79 Å². The number of methoxy groups -OCH3 is 1. The Labute approximate surface area is 112 Å². The molecule has 19 heavy (non-hydrogen) atoms. The minimum atomic E-state index is -1.01. The smallest absolute Gasteiger partial charge is 0.328 e. The monoisotopic (exact) mass is 266 g/mol. The molecule has 1 aromatic carbocycles. The van der Waals surface area contributed by atoms with Gasteiger partial charge in [-0.3, -0.25) is 0 Å². The molecule has 5 nitrogen and oxygen atoms in total. The van der Waals surface area contributed by atoms with E-state index < -0.39 is 5.97 Å². The predicted octanol–water partition coefficient (Wildman–Crippen LogP) is 2.21. The lowest BCUT2D eigenvalue weighted by Gasteiger charge is -2.13. The third-order valence-corrected chi connectivity index (χ3v) is 2.31. The molecule has 0 amide bonds. The molecule has 0 aliphatic rings.